The highest BCUT2D eigenvalue weighted by molar-refractivity contribution is 6.03. The maximum Gasteiger partial charge on any atom is 0.253 e. The van der Waals surface area contributed by atoms with E-state index in [0.29, 0.717) is 18.5 Å². The van der Waals surface area contributed by atoms with Gasteiger partial charge in [-0.05, 0) is 42.7 Å². The molecular weight excluding hydrogens is 281 g/mol. The third-order valence-electron chi connectivity index (χ3n) is 3.35. The molecule has 114 valence electrons. The predicted molar refractivity (Wildman–Crippen MR) is 84.9 cm³/mol. The molecule has 2 aromatic rings. The molecule has 0 aliphatic heterocycles. The lowest BCUT2D eigenvalue weighted by molar-refractivity contribution is -0.113. The summed E-state index contributed by atoms with van der Waals surface area (Å²) >= 11 is 0. The maximum absolute atomic E-state index is 12.8. The van der Waals surface area contributed by atoms with Gasteiger partial charge < -0.3 is 10.4 Å². The van der Waals surface area contributed by atoms with E-state index >= 15 is 0 Å². The Morgan fingerprint density at radius 3 is 2.41 bits per heavy atom. The Hall–Kier alpha value is -2.46. The van der Waals surface area contributed by atoms with E-state index in [1.807, 2.05) is 30.3 Å². The van der Waals surface area contributed by atoms with Crippen LogP contribution in [0.2, 0.25) is 0 Å². The zero-order valence-electron chi connectivity index (χ0n) is 12.1. The molecular formula is C18H18FNO2. The lowest BCUT2D eigenvalue weighted by Crippen LogP contribution is -2.23. The topological polar surface area (TPSA) is 49.3 Å². The first kappa shape index (κ1) is 15.9. The second-order valence-corrected chi connectivity index (χ2v) is 5.03. The lowest BCUT2D eigenvalue weighted by atomic mass is 10.0. The van der Waals surface area contributed by atoms with Crippen molar-refractivity contribution in [3.63, 3.8) is 0 Å². The van der Waals surface area contributed by atoms with Crippen LogP contribution in [-0.2, 0) is 11.2 Å². The Kier molecular flexibility index (Phi) is 5.44. The number of aliphatic hydroxyl groups excluding tert-OH is 1. The minimum absolute atomic E-state index is 0.0975. The first-order valence-corrected chi connectivity index (χ1v) is 7.04. The molecule has 0 saturated heterocycles. The molecule has 0 saturated carbocycles. The molecule has 0 aliphatic rings. The van der Waals surface area contributed by atoms with Gasteiger partial charge in [0.1, 0.15) is 5.82 Å². The Morgan fingerprint density at radius 2 is 1.77 bits per heavy atom. The van der Waals surface area contributed by atoms with E-state index in [1.165, 1.54) is 24.3 Å². The van der Waals surface area contributed by atoms with Crippen molar-refractivity contribution in [3.8, 4) is 0 Å². The van der Waals surface area contributed by atoms with Crippen molar-refractivity contribution in [2.24, 2.45) is 0 Å². The number of aliphatic hydroxyl groups is 1. The van der Waals surface area contributed by atoms with Crippen LogP contribution in [0.3, 0.4) is 0 Å². The number of hydrogen-bond donors (Lipinski definition) is 2. The molecule has 2 aromatic carbocycles. The van der Waals surface area contributed by atoms with Crippen LogP contribution in [0.15, 0.2) is 66.7 Å². The van der Waals surface area contributed by atoms with Gasteiger partial charge in [-0.3, -0.25) is 4.79 Å². The average molecular weight is 299 g/mol. The highest BCUT2D eigenvalue weighted by atomic mass is 19.1. The molecule has 0 heterocycles. The average Bonchev–Trinajstić information content (AvgIpc) is 2.55. The third kappa shape index (κ3) is 4.53. The number of halogens is 1. The number of hydrogen-bond acceptors (Lipinski definition) is 2. The van der Waals surface area contributed by atoms with E-state index in [4.69, 9.17) is 0 Å². The molecule has 2 N–H and O–H groups in total. The second-order valence-electron chi connectivity index (χ2n) is 5.03. The predicted octanol–water partition coefficient (Wildman–Crippen LogP) is 3.31. The van der Waals surface area contributed by atoms with Gasteiger partial charge in [-0.2, -0.15) is 0 Å². The normalized spacial score (nSPS) is 11.7. The standard InChI is InChI=1S/C18H18FNO2/c1-13(17(21)12-7-14-5-3-2-4-6-14)18(22)20-16-10-8-15(19)9-11-16/h2-6,8-11,17,21H,1,7,12H2,(H,20,22). The summed E-state index contributed by atoms with van der Waals surface area (Å²) < 4.78 is 12.8. The second kappa shape index (κ2) is 7.52. The van der Waals surface area contributed by atoms with Crippen molar-refractivity contribution < 1.29 is 14.3 Å². The molecule has 3 nitrogen and oxygen atoms in total. The van der Waals surface area contributed by atoms with E-state index in [2.05, 4.69) is 11.9 Å². The lowest BCUT2D eigenvalue weighted by Gasteiger charge is -2.14. The Bertz CT molecular complexity index is 638. The summed E-state index contributed by atoms with van der Waals surface area (Å²) in [5.74, 6) is -0.841. The fourth-order valence-corrected chi connectivity index (χ4v) is 2.02. The van der Waals surface area contributed by atoms with Crippen LogP contribution < -0.4 is 5.32 Å². The van der Waals surface area contributed by atoms with Crippen LogP contribution in [-0.4, -0.2) is 17.1 Å². The molecule has 4 heteroatoms. The Morgan fingerprint density at radius 1 is 1.14 bits per heavy atom. The van der Waals surface area contributed by atoms with Crippen molar-refractivity contribution >= 4 is 11.6 Å². The van der Waals surface area contributed by atoms with Crippen LogP contribution in [0, 0.1) is 5.82 Å². The van der Waals surface area contributed by atoms with Gasteiger partial charge in [-0.1, -0.05) is 36.9 Å². The largest absolute Gasteiger partial charge is 0.388 e. The third-order valence-corrected chi connectivity index (χ3v) is 3.35. The van der Waals surface area contributed by atoms with Crippen LogP contribution >= 0.6 is 0 Å². The highest BCUT2D eigenvalue weighted by Gasteiger charge is 2.16. The van der Waals surface area contributed by atoms with Crippen molar-refractivity contribution in [3.05, 3.63) is 78.1 Å². The van der Waals surface area contributed by atoms with Gasteiger partial charge in [-0.15, -0.1) is 0 Å². The number of anilines is 1. The monoisotopic (exact) mass is 299 g/mol. The number of nitrogens with one attached hydrogen (secondary N) is 1. The first-order chi connectivity index (χ1) is 10.6. The number of carbonyl (C=O) groups excluding carboxylic acids is 1. The summed E-state index contributed by atoms with van der Waals surface area (Å²) in [6.07, 6.45) is 0.158. The van der Waals surface area contributed by atoms with Crippen LogP contribution in [0.4, 0.5) is 10.1 Å². The zero-order valence-corrected chi connectivity index (χ0v) is 12.1. The highest BCUT2D eigenvalue weighted by Crippen LogP contribution is 2.14. The minimum atomic E-state index is -0.916. The van der Waals surface area contributed by atoms with E-state index in [9.17, 15) is 14.3 Å². The Balaban J connectivity index is 1.86. The number of rotatable bonds is 6. The molecule has 0 spiro atoms. The number of aryl methyl sites for hydroxylation is 1. The van der Waals surface area contributed by atoms with Crippen molar-refractivity contribution in [1.29, 1.82) is 0 Å². The molecule has 1 atom stereocenters. The van der Waals surface area contributed by atoms with E-state index in [1.54, 1.807) is 0 Å². The van der Waals surface area contributed by atoms with Gasteiger partial charge in [0.25, 0.3) is 5.91 Å². The number of benzene rings is 2. The van der Waals surface area contributed by atoms with Crippen molar-refractivity contribution in [2.75, 3.05) is 5.32 Å². The minimum Gasteiger partial charge on any atom is -0.388 e. The fraction of sp³-hybridized carbons (Fsp3) is 0.167. The summed E-state index contributed by atoms with van der Waals surface area (Å²) in [6, 6.07) is 15.1. The molecule has 0 fully saturated rings. The SMILES string of the molecule is C=C(C(=O)Nc1ccc(F)cc1)C(O)CCc1ccccc1. The van der Waals surface area contributed by atoms with Gasteiger partial charge in [0, 0.05) is 11.3 Å². The number of amides is 1. The molecule has 1 amide bonds. The van der Waals surface area contributed by atoms with E-state index in [-0.39, 0.29) is 11.4 Å². The van der Waals surface area contributed by atoms with Crippen molar-refractivity contribution in [2.45, 2.75) is 18.9 Å². The summed E-state index contributed by atoms with van der Waals surface area (Å²) in [7, 11) is 0. The molecule has 1 unspecified atom stereocenters. The Labute approximate surface area is 129 Å². The quantitative estimate of drug-likeness (QED) is 0.804. The molecule has 22 heavy (non-hydrogen) atoms. The smallest absolute Gasteiger partial charge is 0.253 e. The summed E-state index contributed by atoms with van der Waals surface area (Å²) in [4.78, 5) is 12.0. The van der Waals surface area contributed by atoms with Crippen LogP contribution in [0.5, 0.6) is 0 Å². The zero-order chi connectivity index (χ0) is 15.9. The summed E-state index contributed by atoms with van der Waals surface area (Å²) in [5, 5.41) is 12.6. The van der Waals surface area contributed by atoms with Crippen molar-refractivity contribution in [1.82, 2.24) is 0 Å². The van der Waals surface area contributed by atoms with Crippen LogP contribution in [0.25, 0.3) is 0 Å². The maximum atomic E-state index is 12.8. The first-order valence-electron chi connectivity index (χ1n) is 7.04. The number of carbonyl (C=O) groups is 1. The van der Waals surface area contributed by atoms with Gasteiger partial charge in [0.15, 0.2) is 0 Å². The van der Waals surface area contributed by atoms with Gasteiger partial charge in [-0.25, -0.2) is 4.39 Å². The van der Waals surface area contributed by atoms with E-state index in [0.717, 1.165) is 5.56 Å². The van der Waals surface area contributed by atoms with Crippen LogP contribution in [0.1, 0.15) is 12.0 Å². The molecule has 0 aliphatic carbocycles. The van der Waals surface area contributed by atoms with Gasteiger partial charge in [0.05, 0.1) is 6.10 Å². The van der Waals surface area contributed by atoms with Gasteiger partial charge >= 0.3 is 0 Å². The summed E-state index contributed by atoms with van der Waals surface area (Å²) in [5.41, 5.74) is 1.65. The molecule has 0 aromatic heterocycles. The van der Waals surface area contributed by atoms with Gasteiger partial charge in [0.2, 0.25) is 0 Å². The molecule has 2 rings (SSSR count). The van der Waals surface area contributed by atoms with E-state index < -0.39 is 12.0 Å². The summed E-state index contributed by atoms with van der Waals surface area (Å²) in [6.45, 7) is 3.64. The molecule has 0 bridgehead atoms. The fourth-order valence-electron chi connectivity index (χ4n) is 2.02. The molecule has 0 radical (unpaired) electrons.